The maximum Gasteiger partial charge on any atom is 0.416 e. The average molecular weight is 571 g/mol. The molecule has 1 fully saturated rings. The quantitative estimate of drug-likeness (QED) is 0.251. The van der Waals surface area contributed by atoms with Crippen LogP contribution in [0.25, 0.3) is 0 Å². The summed E-state index contributed by atoms with van der Waals surface area (Å²) in [7, 11) is 0. The highest BCUT2D eigenvalue weighted by molar-refractivity contribution is 5.92. The molecule has 0 aliphatic carbocycles. The van der Waals surface area contributed by atoms with Gasteiger partial charge in [-0.1, -0.05) is 29.4 Å². The molecule has 0 radical (unpaired) electrons. The molecule has 13 heteroatoms. The Balaban J connectivity index is 1.43. The van der Waals surface area contributed by atoms with Crippen molar-refractivity contribution in [3.63, 3.8) is 0 Å². The van der Waals surface area contributed by atoms with Gasteiger partial charge in [-0.15, -0.1) is 0 Å². The van der Waals surface area contributed by atoms with Gasteiger partial charge < -0.3 is 15.1 Å². The number of amides is 2. The summed E-state index contributed by atoms with van der Waals surface area (Å²) in [4.78, 5) is 19.6. The van der Waals surface area contributed by atoms with Crippen molar-refractivity contribution in [2.45, 2.75) is 31.3 Å². The lowest BCUT2D eigenvalue weighted by molar-refractivity contribution is -0.143. The monoisotopic (exact) mass is 571 g/mol. The van der Waals surface area contributed by atoms with Gasteiger partial charge in [-0.3, -0.25) is 0 Å². The molecule has 0 atom stereocenters. The molecule has 212 valence electrons. The van der Waals surface area contributed by atoms with E-state index in [1.807, 2.05) is 0 Å². The first-order chi connectivity index (χ1) is 18.8. The van der Waals surface area contributed by atoms with Gasteiger partial charge in [-0.05, 0) is 53.6 Å². The summed E-state index contributed by atoms with van der Waals surface area (Å²) < 4.78 is 105. The van der Waals surface area contributed by atoms with Gasteiger partial charge in [-0.2, -0.15) is 26.3 Å². The van der Waals surface area contributed by atoms with Gasteiger partial charge in [0.05, 0.1) is 16.8 Å². The fraction of sp³-hybridized carbons (Fsp3) is 0.259. The lowest BCUT2D eigenvalue weighted by atomic mass is 10.0. The van der Waals surface area contributed by atoms with Crippen molar-refractivity contribution >= 4 is 17.4 Å². The number of halogens is 8. The second kappa shape index (κ2) is 11.5. The number of oxime groups is 1. The third-order valence-electron chi connectivity index (χ3n) is 6.10. The lowest BCUT2D eigenvalue weighted by Crippen LogP contribution is -2.41. The van der Waals surface area contributed by atoms with Crippen molar-refractivity contribution in [3.8, 4) is 0 Å². The number of nitrogens with one attached hydrogen (secondary N) is 1. The maximum absolute atomic E-state index is 13.4. The number of benzene rings is 3. The molecular formula is C27H21F8N3O2. The molecule has 1 aliphatic heterocycles. The summed E-state index contributed by atoms with van der Waals surface area (Å²) in [6.07, 6.45) is -10.5. The molecule has 1 saturated heterocycles. The second-order valence-electron chi connectivity index (χ2n) is 8.96. The summed E-state index contributed by atoms with van der Waals surface area (Å²) in [6, 6.07) is 10.9. The van der Waals surface area contributed by atoms with E-state index >= 15 is 0 Å². The zero-order valence-electron chi connectivity index (χ0n) is 20.5. The number of nitrogens with zero attached hydrogens (tertiary/aromatic N) is 2. The average Bonchev–Trinajstić information content (AvgIpc) is 2.90. The topological polar surface area (TPSA) is 53.9 Å². The molecule has 3 aromatic rings. The predicted molar refractivity (Wildman–Crippen MR) is 129 cm³/mol. The fourth-order valence-corrected chi connectivity index (χ4v) is 4.01. The van der Waals surface area contributed by atoms with E-state index in [1.165, 1.54) is 53.4 Å². The molecule has 5 nitrogen and oxygen atoms in total. The molecule has 2 amide bonds. The molecule has 3 aromatic carbocycles. The van der Waals surface area contributed by atoms with E-state index in [-0.39, 0.29) is 32.0 Å². The highest BCUT2D eigenvalue weighted by Gasteiger charge is 2.37. The van der Waals surface area contributed by atoms with Crippen LogP contribution < -0.4 is 5.32 Å². The van der Waals surface area contributed by atoms with E-state index in [2.05, 4.69) is 10.5 Å². The summed E-state index contributed by atoms with van der Waals surface area (Å²) >= 11 is 0. The van der Waals surface area contributed by atoms with Crippen molar-refractivity contribution in [2.24, 2.45) is 5.16 Å². The van der Waals surface area contributed by atoms with Crippen LogP contribution in [0.15, 0.2) is 71.9 Å². The Labute approximate surface area is 223 Å². The minimum atomic E-state index is -5.04. The Morgan fingerprint density at radius 2 is 1.23 bits per heavy atom. The van der Waals surface area contributed by atoms with Gasteiger partial charge in [0.1, 0.15) is 11.6 Å². The van der Waals surface area contributed by atoms with Crippen LogP contribution in [0.4, 0.5) is 45.6 Å². The molecule has 0 bridgehead atoms. The highest BCUT2D eigenvalue weighted by Crippen LogP contribution is 2.37. The van der Waals surface area contributed by atoms with Gasteiger partial charge in [-0.25, -0.2) is 13.6 Å². The lowest BCUT2D eigenvalue weighted by Gasteiger charge is -2.28. The number of likely N-dealkylation sites (tertiary alicyclic amines) is 1. The van der Waals surface area contributed by atoms with Crippen molar-refractivity contribution < 1.29 is 44.8 Å². The van der Waals surface area contributed by atoms with Crippen molar-refractivity contribution in [1.82, 2.24) is 4.90 Å². The van der Waals surface area contributed by atoms with Gasteiger partial charge in [0.25, 0.3) is 0 Å². The van der Waals surface area contributed by atoms with E-state index in [9.17, 15) is 39.9 Å². The number of piperidine rings is 1. The summed E-state index contributed by atoms with van der Waals surface area (Å²) in [6.45, 7) is 0.133. The third kappa shape index (κ3) is 7.27. The summed E-state index contributed by atoms with van der Waals surface area (Å²) in [5, 5.41) is 6.27. The van der Waals surface area contributed by atoms with E-state index in [0.29, 0.717) is 29.0 Å². The minimum Gasteiger partial charge on any atom is -0.383 e. The first kappa shape index (κ1) is 28.8. The van der Waals surface area contributed by atoms with Crippen LogP contribution in [0.2, 0.25) is 0 Å². The molecule has 4 rings (SSSR count). The SMILES string of the molecule is O=C(Nc1cc(C(F)(F)F)cc(C(F)(F)F)c1)N1CCC(=NOC(c2ccc(F)cc2)c2ccc(F)cc2)CC1. The second-order valence-corrected chi connectivity index (χ2v) is 8.96. The Morgan fingerprint density at radius 1 is 0.775 bits per heavy atom. The van der Waals surface area contributed by atoms with E-state index in [4.69, 9.17) is 4.84 Å². The van der Waals surface area contributed by atoms with Crippen LogP contribution in [-0.2, 0) is 17.2 Å². The van der Waals surface area contributed by atoms with Crippen LogP contribution >= 0.6 is 0 Å². The highest BCUT2D eigenvalue weighted by atomic mass is 19.4. The summed E-state index contributed by atoms with van der Waals surface area (Å²) in [5.74, 6) is -0.920. The predicted octanol–water partition coefficient (Wildman–Crippen LogP) is 7.79. The number of rotatable bonds is 5. The number of hydrogen-bond donors (Lipinski definition) is 1. The number of hydrogen-bond acceptors (Lipinski definition) is 3. The molecule has 0 unspecified atom stereocenters. The minimum absolute atomic E-state index is 0.0234. The van der Waals surface area contributed by atoms with Gasteiger partial charge in [0.15, 0.2) is 6.10 Å². The smallest absolute Gasteiger partial charge is 0.383 e. The zero-order valence-corrected chi connectivity index (χ0v) is 20.5. The molecule has 1 N–H and O–H groups in total. The van der Waals surface area contributed by atoms with Crippen LogP contribution in [0.5, 0.6) is 0 Å². The first-order valence-corrected chi connectivity index (χ1v) is 11.9. The number of urea groups is 1. The maximum atomic E-state index is 13.4. The molecule has 0 saturated carbocycles. The fourth-order valence-electron chi connectivity index (χ4n) is 4.01. The zero-order chi connectivity index (χ0) is 29.1. The standard InChI is InChI=1S/C27H21F8N3O2/c28-20-5-1-16(2-6-20)24(17-3-7-21(29)8-4-17)40-37-22-9-11-38(12-10-22)25(39)36-23-14-18(26(30,31)32)13-19(15-23)27(33,34)35/h1-8,13-15,24H,9-12H2,(H,36,39). The van der Waals surface area contributed by atoms with Crippen molar-refractivity contribution in [3.05, 3.63) is 101 Å². The van der Waals surface area contributed by atoms with Crippen molar-refractivity contribution in [2.75, 3.05) is 18.4 Å². The van der Waals surface area contributed by atoms with Crippen molar-refractivity contribution in [1.29, 1.82) is 0 Å². The van der Waals surface area contributed by atoms with E-state index < -0.39 is 52.9 Å². The Bertz CT molecular complexity index is 1280. The molecule has 1 aliphatic rings. The van der Waals surface area contributed by atoms with Gasteiger partial charge >= 0.3 is 18.4 Å². The summed E-state index contributed by atoms with van der Waals surface area (Å²) in [5.41, 5.74) is -2.09. The van der Waals surface area contributed by atoms with Crippen LogP contribution in [-0.4, -0.2) is 29.7 Å². The normalized spacial score (nSPS) is 14.3. The largest absolute Gasteiger partial charge is 0.416 e. The van der Waals surface area contributed by atoms with E-state index in [1.54, 1.807) is 0 Å². The molecule has 1 heterocycles. The van der Waals surface area contributed by atoms with E-state index in [0.717, 1.165) is 0 Å². The number of carbonyl (C=O) groups excluding carboxylic acids is 1. The number of carbonyl (C=O) groups is 1. The third-order valence-corrected chi connectivity index (χ3v) is 6.10. The van der Waals surface area contributed by atoms with Gasteiger partial charge in [0.2, 0.25) is 0 Å². The molecule has 0 spiro atoms. The Kier molecular flexibility index (Phi) is 8.31. The Morgan fingerprint density at radius 3 is 1.65 bits per heavy atom. The molecule has 0 aromatic heterocycles. The van der Waals surface area contributed by atoms with Gasteiger partial charge in [0, 0.05) is 31.6 Å². The van der Waals surface area contributed by atoms with Crippen LogP contribution in [0, 0.1) is 11.6 Å². The van der Waals surface area contributed by atoms with Crippen LogP contribution in [0.1, 0.15) is 41.2 Å². The first-order valence-electron chi connectivity index (χ1n) is 11.9. The van der Waals surface area contributed by atoms with Crippen LogP contribution in [0.3, 0.4) is 0 Å². The number of anilines is 1. The molecular weight excluding hydrogens is 550 g/mol. The molecule has 40 heavy (non-hydrogen) atoms. The number of alkyl halides is 6. The Hall–Kier alpha value is -4.16.